The molecule has 0 spiro atoms. The van der Waals surface area contributed by atoms with Crippen molar-refractivity contribution in [3.8, 4) is 104 Å². The second kappa shape index (κ2) is 38.2. The minimum Gasteiger partial charge on any atom is -0.496 e. The van der Waals surface area contributed by atoms with Crippen molar-refractivity contribution in [1.82, 2.24) is 104 Å². The molecule has 3 saturated carbocycles. The van der Waals surface area contributed by atoms with E-state index in [-0.39, 0.29) is 70.7 Å². The van der Waals surface area contributed by atoms with Gasteiger partial charge in [-0.1, -0.05) is 0 Å². The van der Waals surface area contributed by atoms with Crippen molar-refractivity contribution < 1.29 is 28.4 Å². The van der Waals surface area contributed by atoms with E-state index in [4.69, 9.17) is 28.4 Å². The lowest BCUT2D eigenvalue weighted by Gasteiger charge is -2.15. The Balaban J connectivity index is 0.000000135. The summed E-state index contributed by atoms with van der Waals surface area (Å²) >= 11 is 0. The number of rotatable bonds is 24. The number of nitrogens with zero attached hydrogens (tertiary/aromatic N) is 25. The molecular weight excluding hydrogens is 1490 g/mol. The zero-order valence-corrected chi connectivity index (χ0v) is 66.1. The summed E-state index contributed by atoms with van der Waals surface area (Å²) in [5.74, 6) is 6.42. The van der Waals surface area contributed by atoms with Crippen LogP contribution in [0.15, 0.2) is 123 Å². The van der Waals surface area contributed by atoms with Crippen LogP contribution < -0.4 is 60.3 Å². The molecule has 6 N–H and O–H groups in total. The maximum atomic E-state index is 9.33. The summed E-state index contributed by atoms with van der Waals surface area (Å²) in [5, 5.41) is 72.9. The monoisotopic (exact) mass is 1580 g/mol. The van der Waals surface area contributed by atoms with Gasteiger partial charge in [0.2, 0.25) is 22.8 Å². The number of anilines is 10. The molecule has 1 atom stereocenters. The lowest BCUT2D eigenvalue weighted by Crippen LogP contribution is -2.22. The second-order valence-corrected chi connectivity index (χ2v) is 27.8. The largest absolute Gasteiger partial charge is 0.496 e. The molecule has 37 heteroatoms. The number of methoxy groups -OCH3 is 2. The van der Waals surface area contributed by atoms with Gasteiger partial charge in [-0.05, 0) is 90.5 Å². The van der Waals surface area contributed by atoms with E-state index in [0.717, 1.165) is 152 Å². The van der Waals surface area contributed by atoms with Crippen LogP contribution in [0.3, 0.4) is 0 Å². The van der Waals surface area contributed by atoms with Gasteiger partial charge < -0.3 is 65.2 Å². The number of ether oxygens (including phenoxy) is 6. The highest BCUT2D eigenvalue weighted by molar-refractivity contribution is 5.80. The van der Waals surface area contributed by atoms with Crippen molar-refractivity contribution in [2.45, 2.75) is 108 Å². The van der Waals surface area contributed by atoms with Crippen molar-refractivity contribution >= 4 is 57.9 Å². The van der Waals surface area contributed by atoms with Gasteiger partial charge in [0, 0.05) is 185 Å². The summed E-state index contributed by atoms with van der Waals surface area (Å²) in [6.45, 7) is 1.74. The maximum absolute atomic E-state index is 9.33. The van der Waals surface area contributed by atoms with Crippen LogP contribution in [0, 0.1) is 45.3 Å². The van der Waals surface area contributed by atoms with Gasteiger partial charge in [0.15, 0.2) is 23.3 Å². The molecule has 3 aliphatic carbocycles. The Hall–Kier alpha value is -14.7. The zero-order valence-electron chi connectivity index (χ0n) is 66.1. The topological polar surface area (TPSA) is 452 Å². The number of aryl methyl sites for hydroxylation is 4. The molecule has 12 aromatic rings. The third-order valence-corrected chi connectivity index (χ3v) is 19.4. The van der Waals surface area contributed by atoms with Crippen molar-refractivity contribution in [2.75, 3.05) is 80.4 Å². The van der Waals surface area contributed by atoms with Gasteiger partial charge in [0.05, 0.1) is 63.8 Å². The first-order valence-electron chi connectivity index (χ1n) is 38.0. The van der Waals surface area contributed by atoms with Gasteiger partial charge in [-0.3, -0.25) is 18.7 Å². The number of likely N-dealkylation sites (tertiary alicyclic amines) is 1. The smallest absolute Gasteiger partial charge is 0.253 e. The van der Waals surface area contributed by atoms with E-state index >= 15 is 0 Å². The first kappa shape index (κ1) is 80.3. The highest BCUT2D eigenvalue weighted by Crippen LogP contribution is 2.37. The van der Waals surface area contributed by atoms with E-state index in [1.54, 1.807) is 94.7 Å². The van der Waals surface area contributed by atoms with E-state index in [1.165, 1.54) is 24.8 Å². The third-order valence-electron chi connectivity index (χ3n) is 19.4. The fourth-order valence-electron chi connectivity index (χ4n) is 13.5. The van der Waals surface area contributed by atoms with Gasteiger partial charge in [-0.25, -0.2) is 39.9 Å². The highest BCUT2D eigenvalue weighted by atomic mass is 16.5. The SMILES string of the molecule is CNc1cc(Nc2cnc(C#N)c(OC3CCCC3)n2)ncc1-c1cnn(C)c1.CNc1cc(Nc2cnc(C#N)c(OC3CCCC3)n2)ncc1-c1cnn(C)c1.COc1cc(Nc2cnc(C#N)c(OC3CCCC3)n2)ncc1-c1cnn(C)c1.COc1cc(Nc2cnc(C#N)c(O[C@@H]3CCN(C)C3)n2)ncc1-c1cnn(C)c1. The molecule has 4 fully saturated rings. The van der Waals surface area contributed by atoms with Crippen LogP contribution in [-0.4, -0.2) is 177 Å². The van der Waals surface area contributed by atoms with Crippen LogP contribution in [0.2, 0.25) is 0 Å². The van der Waals surface area contributed by atoms with Crippen LogP contribution in [0.25, 0.3) is 44.5 Å². The molecule has 0 bridgehead atoms. The van der Waals surface area contributed by atoms with Gasteiger partial charge in [-0.15, -0.1) is 0 Å². The number of likely N-dealkylation sites (N-methyl/N-ethyl adjacent to an activating group) is 1. The van der Waals surface area contributed by atoms with Crippen LogP contribution in [0.1, 0.15) is 106 Å². The quantitative estimate of drug-likeness (QED) is 0.0327. The van der Waals surface area contributed by atoms with E-state index in [0.29, 0.717) is 58.0 Å². The number of hydrogen-bond acceptors (Lipinski definition) is 33. The maximum Gasteiger partial charge on any atom is 0.253 e. The first-order chi connectivity index (χ1) is 57.0. The number of nitriles is 4. The predicted molar refractivity (Wildman–Crippen MR) is 433 cm³/mol. The lowest BCUT2D eigenvalue weighted by molar-refractivity contribution is 0.199. The van der Waals surface area contributed by atoms with Gasteiger partial charge in [-0.2, -0.15) is 61.4 Å². The Labute approximate surface area is 674 Å². The normalized spacial score (nSPS) is 14.5. The van der Waals surface area contributed by atoms with E-state index in [9.17, 15) is 21.0 Å². The molecule has 0 unspecified atom stereocenters. The fourth-order valence-corrected chi connectivity index (χ4v) is 13.5. The van der Waals surface area contributed by atoms with Crippen LogP contribution in [0.5, 0.6) is 35.0 Å². The zero-order chi connectivity index (χ0) is 81.7. The third kappa shape index (κ3) is 20.8. The fraction of sp³-hybridized carbons (Fsp3) is 0.350. The average molecular weight is 1580 g/mol. The standard InChI is InChI=1S/C20H22N8O2.2C20H22N8O.C20H21N7O2/c1-27-5-4-14(12-27)30-20-16(7-21)22-10-19(26-20)25-18-6-17(29-3)15(9-23-18)13-8-24-28(2)11-13;2*1-22-16-7-18(24-10-15(16)13-9-25-28(2)12-13)26-19-11-23-17(8-21)20(27-19)29-14-5-3-4-6-14;1-27-12-13(9-24-27)15-10-23-18(7-17(15)28-2)25-19-11-22-16(8-21)20(26-19)29-14-5-3-4-6-14/h6,8-11,14H,4-5,12H2,1-3H3,(H,23,25,26);2*7,9-12,14H,3-6H2,1-2H3,(H2,22,24,26,27);7,9-12,14H,3-6H2,1-2H3,(H,23,25,26)/t14-;;;/m1.../s1. The minimum absolute atomic E-state index is 0.0105. The van der Waals surface area contributed by atoms with E-state index in [2.05, 4.69) is 117 Å². The second-order valence-electron chi connectivity index (χ2n) is 27.8. The number of hydrogen-bond donors (Lipinski definition) is 6. The number of pyridine rings is 4. The summed E-state index contributed by atoms with van der Waals surface area (Å²) < 4.78 is 41.7. The molecule has 117 heavy (non-hydrogen) atoms. The summed E-state index contributed by atoms with van der Waals surface area (Å²) in [6, 6.07) is 15.5. The molecule has 0 amide bonds. The molecular formula is C80H87N31O6. The van der Waals surface area contributed by atoms with Crippen molar-refractivity contribution in [3.05, 3.63) is 146 Å². The summed E-state index contributed by atoms with van der Waals surface area (Å²) in [4.78, 5) is 54.5. The van der Waals surface area contributed by atoms with E-state index < -0.39 is 0 Å². The highest BCUT2D eigenvalue weighted by Gasteiger charge is 2.27. The molecule has 598 valence electrons. The van der Waals surface area contributed by atoms with E-state index in [1.807, 2.05) is 111 Å². The van der Waals surface area contributed by atoms with Gasteiger partial charge >= 0.3 is 0 Å². The molecule has 16 rings (SSSR count). The number of nitrogens with one attached hydrogen (secondary N) is 6. The molecule has 0 radical (unpaired) electrons. The molecule has 0 aromatic carbocycles. The van der Waals surface area contributed by atoms with Crippen LogP contribution in [-0.2, 0) is 28.2 Å². The average Bonchev–Trinajstić information content (AvgIpc) is 1.81. The molecule has 1 saturated heterocycles. The van der Waals surface area contributed by atoms with Crippen LogP contribution in [0.4, 0.5) is 57.9 Å². The summed E-state index contributed by atoms with van der Waals surface area (Å²) in [5.41, 5.74) is 9.85. The molecule has 13 heterocycles. The van der Waals surface area contributed by atoms with Crippen molar-refractivity contribution in [2.24, 2.45) is 28.2 Å². The Morgan fingerprint density at radius 3 is 0.880 bits per heavy atom. The predicted octanol–water partition coefficient (Wildman–Crippen LogP) is 11.7. The Kier molecular flexibility index (Phi) is 26.2. The summed E-state index contributed by atoms with van der Waals surface area (Å²) in [6.07, 6.45) is 41.5. The van der Waals surface area contributed by atoms with Gasteiger partial charge in [0.25, 0.3) is 23.5 Å². The molecule has 37 nitrogen and oxygen atoms in total. The van der Waals surface area contributed by atoms with Crippen molar-refractivity contribution in [3.63, 3.8) is 0 Å². The van der Waals surface area contributed by atoms with Gasteiger partial charge in [0.1, 0.15) is 83.5 Å². The molecule has 1 aliphatic heterocycles. The Morgan fingerprint density at radius 1 is 0.342 bits per heavy atom. The summed E-state index contributed by atoms with van der Waals surface area (Å²) in [7, 11) is 16.4. The minimum atomic E-state index is -0.0105. The van der Waals surface area contributed by atoms with Crippen molar-refractivity contribution in [1.29, 1.82) is 21.0 Å². The Morgan fingerprint density at radius 2 is 0.624 bits per heavy atom. The Bertz CT molecular complexity index is 5200. The number of aromatic nitrogens is 20. The molecule has 4 aliphatic rings. The molecule has 12 aromatic heterocycles. The van der Waals surface area contributed by atoms with Crippen LogP contribution >= 0.6 is 0 Å². The lowest BCUT2D eigenvalue weighted by atomic mass is 10.1. The first-order valence-corrected chi connectivity index (χ1v) is 38.0.